The second-order valence-corrected chi connectivity index (χ2v) is 4.85. The van der Waals surface area contributed by atoms with Gasteiger partial charge in [0, 0.05) is 10.7 Å². The maximum atomic E-state index is 4.36. The lowest BCUT2D eigenvalue weighted by Gasteiger charge is -2.12. The summed E-state index contributed by atoms with van der Waals surface area (Å²) >= 11 is 5.14. The molecule has 0 amide bonds. The predicted molar refractivity (Wildman–Crippen MR) is 56.1 cm³/mol. The lowest BCUT2D eigenvalue weighted by atomic mass is 10.1. The van der Waals surface area contributed by atoms with E-state index in [2.05, 4.69) is 39.1 Å². The Bertz CT molecular complexity index is 249. The van der Waals surface area contributed by atoms with Crippen molar-refractivity contribution >= 4 is 27.5 Å². The molecule has 0 fully saturated rings. The summed E-state index contributed by atoms with van der Waals surface area (Å²) in [6, 6.07) is 0. The SMILES string of the molecule is CCC(Br)C(C)c1nc(C)ns1. The Morgan fingerprint density at radius 1 is 1.58 bits per heavy atom. The summed E-state index contributed by atoms with van der Waals surface area (Å²) < 4.78 is 4.16. The van der Waals surface area contributed by atoms with E-state index in [4.69, 9.17) is 0 Å². The van der Waals surface area contributed by atoms with Gasteiger partial charge < -0.3 is 0 Å². The van der Waals surface area contributed by atoms with E-state index >= 15 is 0 Å². The largest absolute Gasteiger partial charge is 0.225 e. The molecule has 0 spiro atoms. The molecular weight excluding hydrogens is 236 g/mol. The average Bonchev–Trinajstić information content (AvgIpc) is 2.49. The van der Waals surface area contributed by atoms with Gasteiger partial charge in [-0.1, -0.05) is 29.8 Å². The van der Waals surface area contributed by atoms with Crippen LogP contribution in [0.15, 0.2) is 0 Å². The van der Waals surface area contributed by atoms with Crippen LogP contribution < -0.4 is 0 Å². The third-order valence-electron chi connectivity index (χ3n) is 1.87. The predicted octanol–water partition coefficient (Wildman–Crippen LogP) is 3.12. The quantitative estimate of drug-likeness (QED) is 0.769. The molecule has 0 saturated heterocycles. The van der Waals surface area contributed by atoms with Crippen molar-refractivity contribution in [2.24, 2.45) is 0 Å². The molecule has 0 radical (unpaired) electrons. The van der Waals surface area contributed by atoms with Crippen molar-refractivity contribution in [3.8, 4) is 0 Å². The first kappa shape index (κ1) is 10.1. The first-order valence-corrected chi connectivity index (χ1v) is 5.78. The van der Waals surface area contributed by atoms with Gasteiger partial charge in [-0.25, -0.2) is 4.98 Å². The molecule has 2 atom stereocenters. The Kier molecular flexibility index (Phi) is 3.65. The molecule has 0 N–H and O–H groups in total. The minimum Gasteiger partial charge on any atom is -0.225 e. The molecule has 0 aliphatic carbocycles. The third-order valence-corrected chi connectivity index (χ3v) is 4.31. The minimum absolute atomic E-state index is 0.473. The lowest BCUT2D eigenvalue weighted by molar-refractivity contribution is 0.687. The van der Waals surface area contributed by atoms with E-state index in [-0.39, 0.29) is 0 Å². The number of hydrogen-bond acceptors (Lipinski definition) is 3. The first-order chi connectivity index (χ1) is 5.65. The summed E-state index contributed by atoms with van der Waals surface area (Å²) in [4.78, 5) is 4.88. The summed E-state index contributed by atoms with van der Waals surface area (Å²) in [5.74, 6) is 1.36. The molecule has 0 aliphatic rings. The van der Waals surface area contributed by atoms with E-state index in [1.54, 1.807) is 0 Å². The molecule has 1 aromatic heterocycles. The second-order valence-electron chi connectivity index (χ2n) is 2.89. The van der Waals surface area contributed by atoms with Crippen LogP contribution in [0, 0.1) is 6.92 Å². The fourth-order valence-corrected chi connectivity index (χ4v) is 2.20. The van der Waals surface area contributed by atoms with Gasteiger partial charge in [-0.05, 0) is 24.9 Å². The Morgan fingerprint density at radius 3 is 2.67 bits per heavy atom. The molecule has 1 aromatic rings. The monoisotopic (exact) mass is 248 g/mol. The number of aromatic nitrogens is 2. The fourth-order valence-electron chi connectivity index (χ4n) is 1.01. The fraction of sp³-hybridized carbons (Fsp3) is 0.750. The van der Waals surface area contributed by atoms with Gasteiger partial charge in [-0.15, -0.1) is 0 Å². The number of alkyl halides is 1. The first-order valence-electron chi connectivity index (χ1n) is 4.09. The van der Waals surface area contributed by atoms with E-state index < -0.39 is 0 Å². The standard InChI is InChI=1S/C8H13BrN2S/c1-4-7(9)5(2)8-10-6(3)11-12-8/h5,7H,4H2,1-3H3. The molecule has 0 bridgehead atoms. The van der Waals surface area contributed by atoms with Crippen LogP contribution in [0.2, 0.25) is 0 Å². The highest BCUT2D eigenvalue weighted by Crippen LogP contribution is 2.27. The molecule has 1 heterocycles. The molecule has 2 nitrogen and oxygen atoms in total. The zero-order valence-corrected chi connectivity index (χ0v) is 9.94. The Balaban J connectivity index is 2.70. The van der Waals surface area contributed by atoms with Crippen LogP contribution in [0.3, 0.4) is 0 Å². The molecule has 1 rings (SSSR count). The normalized spacial score (nSPS) is 16.0. The molecule has 4 heteroatoms. The number of hydrogen-bond donors (Lipinski definition) is 0. The van der Waals surface area contributed by atoms with Gasteiger partial charge in [0.2, 0.25) is 0 Å². The Labute approximate surface area is 85.7 Å². The van der Waals surface area contributed by atoms with Crippen molar-refractivity contribution in [1.82, 2.24) is 9.36 Å². The molecule has 68 valence electrons. The van der Waals surface area contributed by atoms with Crippen molar-refractivity contribution < 1.29 is 0 Å². The second kappa shape index (κ2) is 4.33. The number of nitrogens with zero attached hydrogens (tertiary/aromatic N) is 2. The van der Waals surface area contributed by atoms with E-state index in [1.165, 1.54) is 11.5 Å². The summed E-state index contributed by atoms with van der Waals surface area (Å²) in [7, 11) is 0. The Hall–Kier alpha value is 0.0400. The van der Waals surface area contributed by atoms with Crippen LogP contribution in [0.4, 0.5) is 0 Å². The van der Waals surface area contributed by atoms with Crippen molar-refractivity contribution in [3.05, 3.63) is 10.8 Å². The number of rotatable bonds is 3. The van der Waals surface area contributed by atoms with Gasteiger partial charge in [0.25, 0.3) is 0 Å². The van der Waals surface area contributed by atoms with Crippen molar-refractivity contribution in [2.45, 2.75) is 37.9 Å². The summed E-state index contributed by atoms with van der Waals surface area (Å²) in [6.45, 7) is 6.29. The van der Waals surface area contributed by atoms with Gasteiger partial charge in [0.1, 0.15) is 10.8 Å². The average molecular weight is 249 g/mol. The summed E-state index contributed by atoms with van der Waals surface area (Å²) in [5.41, 5.74) is 0. The van der Waals surface area contributed by atoms with Crippen LogP contribution in [-0.4, -0.2) is 14.2 Å². The summed E-state index contributed by atoms with van der Waals surface area (Å²) in [6.07, 6.45) is 1.12. The molecule has 2 unspecified atom stereocenters. The van der Waals surface area contributed by atoms with Crippen LogP contribution >= 0.6 is 27.5 Å². The highest BCUT2D eigenvalue weighted by Gasteiger charge is 2.17. The topological polar surface area (TPSA) is 25.8 Å². The zero-order valence-electron chi connectivity index (χ0n) is 7.54. The van der Waals surface area contributed by atoms with Gasteiger partial charge >= 0.3 is 0 Å². The van der Waals surface area contributed by atoms with Gasteiger partial charge in [0.15, 0.2) is 0 Å². The maximum Gasteiger partial charge on any atom is 0.139 e. The molecule has 0 aromatic carbocycles. The highest BCUT2D eigenvalue weighted by molar-refractivity contribution is 9.09. The van der Waals surface area contributed by atoms with E-state index in [1.807, 2.05) is 6.92 Å². The molecule has 0 aliphatic heterocycles. The van der Waals surface area contributed by atoms with Crippen molar-refractivity contribution in [3.63, 3.8) is 0 Å². The highest BCUT2D eigenvalue weighted by atomic mass is 79.9. The molecule has 12 heavy (non-hydrogen) atoms. The van der Waals surface area contributed by atoms with Gasteiger partial charge in [-0.3, -0.25) is 0 Å². The van der Waals surface area contributed by atoms with Crippen LogP contribution in [-0.2, 0) is 0 Å². The van der Waals surface area contributed by atoms with E-state index in [0.29, 0.717) is 10.7 Å². The van der Waals surface area contributed by atoms with Gasteiger partial charge in [0.05, 0.1) is 0 Å². The van der Waals surface area contributed by atoms with Crippen molar-refractivity contribution in [2.75, 3.05) is 0 Å². The minimum atomic E-state index is 0.473. The molecular formula is C8H13BrN2S. The number of halogens is 1. The third kappa shape index (κ3) is 2.26. The summed E-state index contributed by atoms with van der Waals surface area (Å²) in [5, 5.41) is 1.14. The van der Waals surface area contributed by atoms with Crippen LogP contribution in [0.1, 0.15) is 37.0 Å². The maximum absolute atomic E-state index is 4.36. The smallest absolute Gasteiger partial charge is 0.139 e. The molecule has 0 saturated carbocycles. The van der Waals surface area contributed by atoms with Gasteiger partial charge in [-0.2, -0.15) is 4.37 Å². The van der Waals surface area contributed by atoms with Crippen LogP contribution in [0.25, 0.3) is 0 Å². The zero-order chi connectivity index (χ0) is 9.14. The number of aryl methyl sites for hydroxylation is 1. The van der Waals surface area contributed by atoms with Crippen molar-refractivity contribution in [1.29, 1.82) is 0 Å². The van der Waals surface area contributed by atoms with E-state index in [0.717, 1.165) is 17.3 Å². The lowest BCUT2D eigenvalue weighted by Crippen LogP contribution is -2.07. The Morgan fingerprint density at radius 2 is 2.25 bits per heavy atom. The van der Waals surface area contributed by atoms with Crippen LogP contribution in [0.5, 0.6) is 0 Å². The van der Waals surface area contributed by atoms with E-state index in [9.17, 15) is 0 Å².